The third kappa shape index (κ3) is 4.75. The zero-order valence-electron chi connectivity index (χ0n) is 13.3. The van der Waals surface area contributed by atoms with E-state index in [9.17, 15) is 9.90 Å². The monoisotopic (exact) mass is 407 g/mol. The second-order valence-corrected chi connectivity index (χ2v) is 6.71. The van der Waals surface area contributed by atoms with E-state index in [1.165, 1.54) is 6.20 Å². The van der Waals surface area contributed by atoms with Gasteiger partial charge in [-0.3, -0.25) is 15.1 Å². The molecule has 0 fully saturated rings. The Balaban J connectivity index is 2.08. The number of carbonyl (C=O) groups is 1. The van der Waals surface area contributed by atoms with Crippen LogP contribution in [0.25, 0.3) is 0 Å². The minimum Gasteiger partial charge on any atom is -0.506 e. The van der Waals surface area contributed by atoms with E-state index in [4.69, 9.17) is 12.2 Å². The number of phenolic OH excluding ortho intramolecular Hbond substituents is 1. The van der Waals surface area contributed by atoms with Gasteiger partial charge in [0.2, 0.25) is 0 Å². The highest BCUT2D eigenvalue weighted by molar-refractivity contribution is 9.10. The van der Waals surface area contributed by atoms with Crippen LogP contribution in [0.2, 0.25) is 0 Å². The van der Waals surface area contributed by atoms with Gasteiger partial charge in [-0.05, 0) is 64.2 Å². The lowest BCUT2D eigenvalue weighted by atomic mass is 9.98. The third-order valence-electron chi connectivity index (χ3n) is 3.64. The van der Waals surface area contributed by atoms with Gasteiger partial charge in [-0.2, -0.15) is 0 Å². The van der Waals surface area contributed by atoms with E-state index >= 15 is 0 Å². The van der Waals surface area contributed by atoms with E-state index in [1.54, 1.807) is 18.3 Å². The van der Waals surface area contributed by atoms with Crippen LogP contribution in [0.5, 0.6) is 5.75 Å². The second-order valence-electron chi connectivity index (χ2n) is 5.39. The van der Waals surface area contributed by atoms with Gasteiger partial charge in [-0.15, -0.1) is 0 Å². The van der Waals surface area contributed by atoms with Crippen molar-refractivity contribution in [3.8, 4) is 5.75 Å². The summed E-state index contributed by atoms with van der Waals surface area (Å²) in [4.78, 5) is 16.1. The van der Waals surface area contributed by atoms with Crippen LogP contribution in [-0.2, 0) is 0 Å². The number of aromatic hydroxyl groups is 1. The van der Waals surface area contributed by atoms with E-state index < -0.39 is 0 Å². The fourth-order valence-electron chi connectivity index (χ4n) is 2.06. The van der Waals surface area contributed by atoms with Crippen LogP contribution in [0.1, 0.15) is 42.1 Å². The molecule has 0 saturated carbocycles. The summed E-state index contributed by atoms with van der Waals surface area (Å²) in [5, 5.41) is 15.5. The maximum Gasteiger partial charge on any atom is 0.259 e. The summed E-state index contributed by atoms with van der Waals surface area (Å²) in [6, 6.07) is 6.98. The molecule has 0 aliphatic carbocycles. The zero-order valence-corrected chi connectivity index (χ0v) is 15.7. The Labute approximate surface area is 154 Å². The molecule has 7 heteroatoms. The number of rotatable bonds is 4. The number of nitrogens with zero attached hydrogens (tertiary/aromatic N) is 1. The molecule has 2 rings (SSSR count). The van der Waals surface area contributed by atoms with Gasteiger partial charge in [0.15, 0.2) is 5.11 Å². The molecular weight excluding hydrogens is 390 g/mol. The first-order valence-corrected chi connectivity index (χ1v) is 8.66. The van der Waals surface area contributed by atoms with Gasteiger partial charge in [0, 0.05) is 16.9 Å². The lowest BCUT2D eigenvalue weighted by Crippen LogP contribution is -2.34. The fraction of sp³-hybridized carbons (Fsp3) is 0.235. The molecule has 126 valence electrons. The van der Waals surface area contributed by atoms with Gasteiger partial charge in [0.05, 0.1) is 11.3 Å². The number of hydrogen-bond acceptors (Lipinski definition) is 4. The summed E-state index contributed by atoms with van der Waals surface area (Å²) in [5.41, 5.74) is 1.93. The highest BCUT2D eigenvalue weighted by Crippen LogP contribution is 2.29. The van der Waals surface area contributed by atoms with Gasteiger partial charge in [-0.1, -0.05) is 19.9 Å². The van der Waals surface area contributed by atoms with E-state index in [0.717, 1.165) is 12.0 Å². The summed E-state index contributed by atoms with van der Waals surface area (Å²) < 4.78 is 0.702. The summed E-state index contributed by atoms with van der Waals surface area (Å²) >= 11 is 8.42. The Bertz CT molecular complexity index is 767. The zero-order chi connectivity index (χ0) is 17.7. The van der Waals surface area contributed by atoms with Gasteiger partial charge < -0.3 is 10.4 Å². The van der Waals surface area contributed by atoms with Crippen LogP contribution in [0.4, 0.5) is 5.69 Å². The Kier molecular flexibility index (Phi) is 6.28. The standard InChI is InChI=1S/C17H18BrN3O2S/c1-3-10(2)11-4-5-15(22)14(7-11)20-17(24)21-16(23)12-6-13(18)9-19-8-12/h4-10,22H,3H2,1-2H3,(H2,20,21,23,24)/t10-/m1/s1. The Morgan fingerprint density at radius 3 is 2.79 bits per heavy atom. The number of carbonyl (C=O) groups excluding carboxylic acids is 1. The second kappa shape index (κ2) is 8.21. The predicted molar refractivity (Wildman–Crippen MR) is 102 cm³/mol. The summed E-state index contributed by atoms with van der Waals surface area (Å²) in [5.74, 6) is 0.0590. The van der Waals surface area contributed by atoms with Crippen molar-refractivity contribution in [2.24, 2.45) is 0 Å². The molecule has 0 saturated heterocycles. The molecular formula is C17H18BrN3O2S. The van der Waals surface area contributed by atoms with Crippen LogP contribution in [-0.4, -0.2) is 21.1 Å². The van der Waals surface area contributed by atoms with Crippen molar-refractivity contribution in [1.82, 2.24) is 10.3 Å². The predicted octanol–water partition coefficient (Wildman–Crippen LogP) is 4.19. The van der Waals surface area contributed by atoms with Crippen molar-refractivity contribution in [2.75, 3.05) is 5.32 Å². The van der Waals surface area contributed by atoms with Crippen LogP contribution in [0.15, 0.2) is 41.1 Å². The molecule has 3 N–H and O–H groups in total. The van der Waals surface area contributed by atoms with Crippen LogP contribution in [0, 0.1) is 0 Å². The van der Waals surface area contributed by atoms with Gasteiger partial charge in [0.25, 0.3) is 5.91 Å². The van der Waals surface area contributed by atoms with Gasteiger partial charge >= 0.3 is 0 Å². The molecule has 1 atom stereocenters. The first-order valence-electron chi connectivity index (χ1n) is 7.46. The van der Waals surface area contributed by atoms with Crippen LogP contribution >= 0.6 is 28.1 Å². The highest BCUT2D eigenvalue weighted by atomic mass is 79.9. The SMILES string of the molecule is CC[C@@H](C)c1ccc(O)c(NC(=S)NC(=O)c2cncc(Br)c2)c1. The fourth-order valence-corrected chi connectivity index (χ4v) is 2.63. The van der Waals surface area contributed by atoms with Crippen molar-refractivity contribution < 1.29 is 9.90 Å². The van der Waals surface area contributed by atoms with Crippen molar-refractivity contribution in [3.63, 3.8) is 0 Å². The molecule has 1 heterocycles. The smallest absolute Gasteiger partial charge is 0.259 e. The van der Waals surface area contributed by atoms with E-state index in [0.29, 0.717) is 21.6 Å². The number of phenols is 1. The maximum absolute atomic E-state index is 12.1. The van der Waals surface area contributed by atoms with E-state index in [1.807, 2.05) is 12.1 Å². The molecule has 1 aromatic carbocycles. The maximum atomic E-state index is 12.1. The number of aromatic nitrogens is 1. The Morgan fingerprint density at radius 2 is 2.12 bits per heavy atom. The highest BCUT2D eigenvalue weighted by Gasteiger charge is 2.12. The van der Waals surface area contributed by atoms with Crippen molar-refractivity contribution in [1.29, 1.82) is 0 Å². The molecule has 0 radical (unpaired) electrons. The first-order chi connectivity index (χ1) is 11.4. The number of nitrogens with one attached hydrogen (secondary N) is 2. The van der Waals surface area contributed by atoms with Crippen LogP contribution < -0.4 is 10.6 Å². The van der Waals surface area contributed by atoms with Gasteiger partial charge in [-0.25, -0.2) is 0 Å². The first kappa shape index (κ1) is 18.4. The summed E-state index contributed by atoms with van der Waals surface area (Å²) in [6.07, 6.45) is 4.02. The van der Waals surface area contributed by atoms with E-state index in [-0.39, 0.29) is 16.8 Å². The molecule has 0 aliphatic heterocycles. The molecule has 24 heavy (non-hydrogen) atoms. The van der Waals surface area contributed by atoms with Crippen molar-refractivity contribution in [2.45, 2.75) is 26.2 Å². The molecule has 0 unspecified atom stereocenters. The summed E-state index contributed by atoms with van der Waals surface area (Å²) in [7, 11) is 0. The molecule has 0 aliphatic rings. The third-order valence-corrected chi connectivity index (χ3v) is 4.28. The molecule has 1 amide bonds. The largest absolute Gasteiger partial charge is 0.506 e. The Morgan fingerprint density at radius 1 is 1.38 bits per heavy atom. The normalized spacial score (nSPS) is 11.6. The van der Waals surface area contributed by atoms with Crippen molar-refractivity contribution >= 4 is 44.9 Å². The Hall–Kier alpha value is -1.99. The number of amides is 1. The van der Waals surface area contributed by atoms with Crippen LogP contribution in [0.3, 0.4) is 0 Å². The number of benzene rings is 1. The van der Waals surface area contributed by atoms with Crippen molar-refractivity contribution in [3.05, 3.63) is 52.3 Å². The minimum atomic E-state index is -0.376. The van der Waals surface area contributed by atoms with Gasteiger partial charge in [0.1, 0.15) is 5.75 Å². The quantitative estimate of drug-likeness (QED) is 0.523. The topological polar surface area (TPSA) is 74.2 Å². The number of halogens is 1. The number of pyridine rings is 1. The average molecular weight is 408 g/mol. The minimum absolute atomic E-state index is 0.0720. The average Bonchev–Trinajstić information content (AvgIpc) is 2.56. The molecule has 5 nitrogen and oxygen atoms in total. The lowest BCUT2D eigenvalue weighted by Gasteiger charge is -2.14. The molecule has 1 aromatic heterocycles. The van der Waals surface area contributed by atoms with E-state index in [2.05, 4.69) is 45.4 Å². The molecule has 0 spiro atoms. The number of thiocarbonyl (C=S) groups is 1. The number of hydrogen-bond donors (Lipinski definition) is 3. The molecule has 0 bridgehead atoms. The molecule has 2 aromatic rings. The lowest BCUT2D eigenvalue weighted by molar-refractivity contribution is 0.0977. The summed E-state index contributed by atoms with van der Waals surface area (Å²) in [6.45, 7) is 4.21. The number of anilines is 1.